The van der Waals surface area contributed by atoms with E-state index in [2.05, 4.69) is 19.0 Å². The van der Waals surface area contributed by atoms with Gasteiger partial charge in [-0.1, -0.05) is 65.9 Å². The van der Waals surface area contributed by atoms with Crippen LogP contribution in [0.5, 0.6) is 11.5 Å². The molecular weight excluding hydrogens is 481 g/mol. The summed E-state index contributed by atoms with van der Waals surface area (Å²) >= 11 is 17.2. The second kappa shape index (κ2) is 15.1. The van der Waals surface area contributed by atoms with Crippen LogP contribution in [-0.4, -0.2) is 25.5 Å². The standard InChI is InChI=1S/C26H32Cl3NO3/c1-4-20-17-24(31-16-13-25(28)29)18-21(5-2)26(20)32-14-7-6-8-15-33-30-19(3)22-9-11-23(27)12-10-22/h9-13,17-18H,4-8,14-16H2,1-3H3. The van der Waals surface area contributed by atoms with Crippen LogP contribution >= 0.6 is 34.8 Å². The van der Waals surface area contributed by atoms with E-state index < -0.39 is 0 Å². The zero-order chi connectivity index (χ0) is 24.1. The van der Waals surface area contributed by atoms with Crippen LogP contribution in [0.4, 0.5) is 0 Å². The molecule has 7 heteroatoms. The lowest BCUT2D eigenvalue weighted by Crippen LogP contribution is -2.05. The molecule has 0 atom stereocenters. The van der Waals surface area contributed by atoms with Crippen molar-refractivity contribution in [1.29, 1.82) is 0 Å². The number of hydrogen-bond acceptors (Lipinski definition) is 4. The Morgan fingerprint density at radius 1 is 0.909 bits per heavy atom. The Hall–Kier alpha value is -1.88. The highest BCUT2D eigenvalue weighted by atomic mass is 35.5. The zero-order valence-electron chi connectivity index (χ0n) is 19.5. The normalized spacial score (nSPS) is 11.3. The van der Waals surface area contributed by atoms with Gasteiger partial charge < -0.3 is 14.3 Å². The van der Waals surface area contributed by atoms with E-state index in [4.69, 9.17) is 49.1 Å². The molecule has 4 nitrogen and oxygen atoms in total. The minimum Gasteiger partial charge on any atom is -0.493 e. The first kappa shape index (κ1) is 27.4. The zero-order valence-corrected chi connectivity index (χ0v) is 21.8. The van der Waals surface area contributed by atoms with Crippen molar-refractivity contribution in [2.75, 3.05) is 19.8 Å². The van der Waals surface area contributed by atoms with Crippen molar-refractivity contribution in [2.45, 2.75) is 52.9 Å². The first-order chi connectivity index (χ1) is 15.9. The molecule has 0 aromatic heterocycles. The Morgan fingerprint density at radius 2 is 1.55 bits per heavy atom. The monoisotopic (exact) mass is 511 g/mol. The quantitative estimate of drug-likeness (QED) is 0.146. The summed E-state index contributed by atoms with van der Waals surface area (Å²) in [6, 6.07) is 11.6. The highest BCUT2D eigenvalue weighted by Crippen LogP contribution is 2.31. The molecule has 0 heterocycles. The topological polar surface area (TPSA) is 40.0 Å². The van der Waals surface area contributed by atoms with Gasteiger partial charge in [-0.25, -0.2) is 0 Å². The Kier molecular flexibility index (Phi) is 12.5. The van der Waals surface area contributed by atoms with Crippen LogP contribution < -0.4 is 9.47 Å². The molecule has 2 rings (SSSR count). The molecule has 33 heavy (non-hydrogen) atoms. The third-order valence-electron chi connectivity index (χ3n) is 5.06. The van der Waals surface area contributed by atoms with Gasteiger partial charge in [0.2, 0.25) is 0 Å². The van der Waals surface area contributed by atoms with Crippen molar-refractivity contribution in [2.24, 2.45) is 5.16 Å². The van der Waals surface area contributed by atoms with E-state index >= 15 is 0 Å². The SMILES string of the molecule is CCc1cc(OCC=C(Cl)Cl)cc(CC)c1OCCCCCON=C(C)c1ccc(Cl)cc1. The first-order valence-electron chi connectivity index (χ1n) is 11.3. The Balaban J connectivity index is 1.76. The van der Waals surface area contributed by atoms with Crippen LogP contribution in [0.1, 0.15) is 56.7 Å². The van der Waals surface area contributed by atoms with E-state index in [1.807, 2.05) is 43.3 Å². The van der Waals surface area contributed by atoms with E-state index in [0.717, 1.165) is 66.0 Å². The number of hydrogen-bond donors (Lipinski definition) is 0. The molecule has 0 saturated heterocycles. The van der Waals surface area contributed by atoms with Gasteiger partial charge in [-0.15, -0.1) is 0 Å². The number of benzene rings is 2. The van der Waals surface area contributed by atoms with Crippen molar-refractivity contribution in [3.63, 3.8) is 0 Å². The van der Waals surface area contributed by atoms with E-state index in [1.54, 1.807) is 6.08 Å². The fraction of sp³-hybridized carbons (Fsp3) is 0.423. The Morgan fingerprint density at radius 3 is 2.15 bits per heavy atom. The fourth-order valence-electron chi connectivity index (χ4n) is 3.22. The lowest BCUT2D eigenvalue weighted by Gasteiger charge is -2.17. The molecule has 0 saturated carbocycles. The highest BCUT2D eigenvalue weighted by molar-refractivity contribution is 6.55. The summed E-state index contributed by atoms with van der Waals surface area (Å²) in [5.41, 5.74) is 4.12. The highest BCUT2D eigenvalue weighted by Gasteiger charge is 2.11. The van der Waals surface area contributed by atoms with Crippen molar-refractivity contribution in [3.8, 4) is 11.5 Å². The number of halogens is 3. The maximum atomic E-state index is 6.17. The summed E-state index contributed by atoms with van der Waals surface area (Å²) in [6.07, 6.45) is 6.23. The van der Waals surface area contributed by atoms with Crippen molar-refractivity contribution in [3.05, 3.63) is 68.7 Å². The van der Waals surface area contributed by atoms with Crippen LogP contribution in [0.15, 0.2) is 52.1 Å². The summed E-state index contributed by atoms with van der Waals surface area (Å²) < 4.78 is 12.1. The van der Waals surface area contributed by atoms with E-state index in [0.29, 0.717) is 24.8 Å². The van der Waals surface area contributed by atoms with Gasteiger partial charge in [-0.2, -0.15) is 0 Å². The fourth-order valence-corrected chi connectivity index (χ4v) is 3.48. The molecule has 0 aliphatic carbocycles. The van der Waals surface area contributed by atoms with Gasteiger partial charge in [0.25, 0.3) is 0 Å². The number of rotatable bonds is 14. The van der Waals surface area contributed by atoms with E-state index in [1.165, 1.54) is 0 Å². The van der Waals surface area contributed by atoms with Crippen molar-refractivity contribution < 1.29 is 14.3 Å². The lowest BCUT2D eigenvalue weighted by molar-refractivity contribution is 0.138. The van der Waals surface area contributed by atoms with Crippen molar-refractivity contribution in [1.82, 2.24) is 0 Å². The molecule has 0 N–H and O–H groups in total. The number of aryl methyl sites for hydroxylation is 2. The van der Waals surface area contributed by atoms with Gasteiger partial charge in [0.1, 0.15) is 29.2 Å². The maximum absolute atomic E-state index is 6.17. The third kappa shape index (κ3) is 9.87. The molecule has 0 amide bonds. The third-order valence-corrected chi connectivity index (χ3v) is 5.62. The number of ether oxygens (including phenoxy) is 2. The Labute approximate surface area is 212 Å². The smallest absolute Gasteiger partial charge is 0.125 e. The molecule has 0 radical (unpaired) electrons. The maximum Gasteiger partial charge on any atom is 0.125 e. The van der Waals surface area contributed by atoms with Crippen LogP contribution in [0.3, 0.4) is 0 Å². The molecule has 2 aromatic rings. The van der Waals surface area contributed by atoms with Crippen LogP contribution in [0.2, 0.25) is 5.02 Å². The van der Waals surface area contributed by atoms with Crippen LogP contribution in [-0.2, 0) is 17.7 Å². The Bertz CT molecular complexity index is 898. The number of nitrogens with zero attached hydrogens (tertiary/aromatic N) is 1. The predicted molar refractivity (Wildman–Crippen MR) is 139 cm³/mol. The van der Waals surface area contributed by atoms with Gasteiger partial charge in [-0.05, 0) is 86.1 Å². The summed E-state index contributed by atoms with van der Waals surface area (Å²) in [4.78, 5) is 5.46. The predicted octanol–water partition coefficient (Wildman–Crippen LogP) is 8.15. The lowest BCUT2D eigenvalue weighted by atomic mass is 10.0. The number of oxime groups is 1. The summed E-state index contributed by atoms with van der Waals surface area (Å²) in [7, 11) is 0. The minimum atomic E-state index is 0.204. The summed E-state index contributed by atoms with van der Waals surface area (Å²) in [5.74, 6) is 1.77. The summed E-state index contributed by atoms with van der Waals surface area (Å²) in [5, 5.41) is 4.90. The van der Waals surface area contributed by atoms with Crippen molar-refractivity contribution >= 4 is 40.5 Å². The summed E-state index contributed by atoms with van der Waals surface area (Å²) in [6.45, 7) is 7.74. The van der Waals surface area contributed by atoms with Gasteiger partial charge in [0.05, 0.1) is 12.3 Å². The molecule has 2 aromatic carbocycles. The molecule has 0 bridgehead atoms. The van der Waals surface area contributed by atoms with Crippen LogP contribution in [0.25, 0.3) is 0 Å². The van der Waals surface area contributed by atoms with Gasteiger partial charge in [0.15, 0.2) is 0 Å². The van der Waals surface area contributed by atoms with E-state index in [-0.39, 0.29) is 4.49 Å². The molecular formula is C26H32Cl3NO3. The molecule has 0 fully saturated rings. The minimum absolute atomic E-state index is 0.204. The van der Waals surface area contributed by atoms with Crippen LogP contribution in [0, 0.1) is 0 Å². The van der Waals surface area contributed by atoms with E-state index in [9.17, 15) is 0 Å². The molecule has 0 aliphatic heterocycles. The largest absolute Gasteiger partial charge is 0.493 e. The molecule has 0 unspecified atom stereocenters. The van der Waals surface area contributed by atoms with Gasteiger partial charge >= 0.3 is 0 Å². The molecule has 0 spiro atoms. The van der Waals surface area contributed by atoms with Gasteiger partial charge in [0, 0.05) is 5.02 Å². The molecule has 0 aliphatic rings. The molecule has 180 valence electrons. The average Bonchev–Trinajstić information content (AvgIpc) is 2.80. The second-order valence-corrected chi connectivity index (χ2v) is 8.95. The number of unbranched alkanes of at least 4 members (excludes halogenated alkanes) is 2. The average molecular weight is 513 g/mol. The second-order valence-electron chi connectivity index (χ2n) is 7.51. The first-order valence-corrected chi connectivity index (χ1v) is 12.4. The van der Waals surface area contributed by atoms with Gasteiger partial charge in [-0.3, -0.25) is 0 Å².